The first-order valence-electron chi connectivity index (χ1n) is 4.78. The van der Waals surface area contributed by atoms with Crippen LogP contribution in [0, 0.1) is 0 Å². The van der Waals surface area contributed by atoms with Crippen molar-refractivity contribution in [2.75, 3.05) is 13.2 Å². The van der Waals surface area contributed by atoms with E-state index >= 15 is 0 Å². The second kappa shape index (κ2) is 8.18. The number of hydroxylamine groups is 1. The fraction of sp³-hybridized carbons (Fsp3) is 0.750. The monoisotopic (exact) mass is 339 g/mol. The number of alkyl halides is 3. The van der Waals surface area contributed by atoms with Crippen molar-refractivity contribution in [1.29, 1.82) is 0 Å². The minimum atomic E-state index is -2.28. The molecular formula is C8H12Cl3NO7. The first-order chi connectivity index (χ1) is 8.61. The second-order valence-corrected chi connectivity index (χ2v) is 5.65. The number of rotatable bonds is 7. The van der Waals surface area contributed by atoms with E-state index in [1.54, 1.807) is 5.48 Å². The third-order valence-corrected chi connectivity index (χ3v) is 2.39. The lowest BCUT2D eigenvalue weighted by molar-refractivity contribution is -0.150. The molecular weight excluding hydrogens is 328 g/mol. The summed E-state index contributed by atoms with van der Waals surface area (Å²) in [6, 6.07) is 0. The summed E-state index contributed by atoms with van der Waals surface area (Å²) in [4.78, 5) is 26.6. The molecule has 19 heavy (non-hydrogen) atoms. The summed E-state index contributed by atoms with van der Waals surface area (Å²) < 4.78 is -2.28. The molecule has 112 valence electrons. The van der Waals surface area contributed by atoms with Crippen molar-refractivity contribution in [3.8, 4) is 0 Å². The largest absolute Gasteiger partial charge is 0.394 e. The molecule has 5 N–H and O–H groups in total. The number of aliphatic hydroxyl groups is 4. The van der Waals surface area contributed by atoms with Gasteiger partial charge in [-0.05, 0) is 0 Å². The molecule has 0 aromatic carbocycles. The summed E-state index contributed by atoms with van der Waals surface area (Å²) in [5, 5.41) is 36.0. The zero-order chi connectivity index (χ0) is 15.2. The molecule has 0 aromatic heterocycles. The van der Waals surface area contributed by atoms with Gasteiger partial charge in [0.1, 0.15) is 24.9 Å². The Labute approximate surface area is 122 Å². The van der Waals surface area contributed by atoms with Crippen LogP contribution in [-0.2, 0) is 14.4 Å². The van der Waals surface area contributed by atoms with Crippen molar-refractivity contribution < 1.29 is 34.9 Å². The van der Waals surface area contributed by atoms with E-state index in [9.17, 15) is 19.8 Å². The Morgan fingerprint density at radius 2 is 1.74 bits per heavy atom. The number of halogens is 3. The molecule has 0 aliphatic heterocycles. The maximum absolute atomic E-state index is 11.3. The van der Waals surface area contributed by atoms with Gasteiger partial charge in [-0.1, -0.05) is 34.8 Å². The van der Waals surface area contributed by atoms with Gasteiger partial charge in [-0.15, -0.1) is 0 Å². The number of nitrogens with one attached hydrogen (secondary N) is 1. The van der Waals surface area contributed by atoms with Crippen molar-refractivity contribution in [2.45, 2.75) is 22.1 Å². The molecule has 0 radical (unpaired) electrons. The van der Waals surface area contributed by atoms with E-state index in [4.69, 9.17) is 45.0 Å². The minimum Gasteiger partial charge on any atom is -0.394 e. The van der Waals surface area contributed by atoms with Gasteiger partial charge < -0.3 is 20.4 Å². The summed E-state index contributed by atoms with van der Waals surface area (Å²) in [5.41, 5.74) is 1.63. The Morgan fingerprint density at radius 1 is 1.21 bits per heavy atom. The van der Waals surface area contributed by atoms with Crippen molar-refractivity contribution in [3.05, 3.63) is 0 Å². The molecule has 0 aliphatic rings. The summed E-state index contributed by atoms with van der Waals surface area (Å²) >= 11 is 15.5. The van der Waals surface area contributed by atoms with E-state index in [-0.39, 0.29) is 0 Å². The molecule has 0 saturated carbocycles. The first-order valence-corrected chi connectivity index (χ1v) is 5.91. The molecule has 0 aliphatic carbocycles. The smallest absolute Gasteiger partial charge is 0.295 e. The van der Waals surface area contributed by atoms with E-state index in [1.807, 2.05) is 0 Å². The molecule has 1 amide bonds. The number of carbonyl (C=O) groups is 2. The second-order valence-electron chi connectivity index (χ2n) is 3.37. The predicted octanol–water partition coefficient (Wildman–Crippen LogP) is -1.95. The van der Waals surface area contributed by atoms with Gasteiger partial charge in [-0.25, -0.2) is 5.48 Å². The summed E-state index contributed by atoms with van der Waals surface area (Å²) in [6.45, 7) is -1.70. The lowest BCUT2D eigenvalue weighted by Crippen LogP contribution is -2.46. The number of Topliss-reactive ketones (excluding diaryl/α,β-unsaturated/α-hetero) is 1. The minimum absolute atomic E-state index is 0.844. The highest BCUT2D eigenvalue weighted by Gasteiger charge is 2.32. The van der Waals surface area contributed by atoms with Gasteiger partial charge in [0, 0.05) is 0 Å². The number of amides is 1. The normalized spacial score (nSPS) is 16.6. The van der Waals surface area contributed by atoms with Gasteiger partial charge in [0.15, 0.2) is 5.78 Å². The zero-order valence-corrected chi connectivity index (χ0v) is 11.6. The maximum atomic E-state index is 11.3. The maximum Gasteiger partial charge on any atom is 0.295 e. The Balaban J connectivity index is 4.15. The van der Waals surface area contributed by atoms with E-state index in [0.29, 0.717) is 0 Å². The van der Waals surface area contributed by atoms with Gasteiger partial charge in [0.05, 0.1) is 6.61 Å². The Morgan fingerprint density at radius 3 is 2.16 bits per heavy atom. The molecule has 3 atom stereocenters. The van der Waals surface area contributed by atoms with Gasteiger partial charge >= 0.3 is 0 Å². The third kappa shape index (κ3) is 6.68. The van der Waals surface area contributed by atoms with E-state index in [1.165, 1.54) is 0 Å². The number of carbonyl (C=O) groups excluding carboxylic acids is 2. The Kier molecular flexibility index (Phi) is 8.09. The molecule has 0 fully saturated rings. The number of hydrogen-bond acceptors (Lipinski definition) is 7. The molecule has 0 unspecified atom stereocenters. The van der Waals surface area contributed by atoms with Crippen molar-refractivity contribution in [2.24, 2.45) is 0 Å². The van der Waals surface area contributed by atoms with Crippen molar-refractivity contribution in [1.82, 2.24) is 5.48 Å². The topological polar surface area (TPSA) is 136 Å². The van der Waals surface area contributed by atoms with Gasteiger partial charge in [-0.2, -0.15) is 0 Å². The van der Waals surface area contributed by atoms with Crippen molar-refractivity contribution in [3.63, 3.8) is 0 Å². The van der Waals surface area contributed by atoms with Crippen LogP contribution < -0.4 is 5.48 Å². The molecule has 0 spiro atoms. The van der Waals surface area contributed by atoms with Crippen molar-refractivity contribution >= 4 is 46.5 Å². The number of aliphatic hydroxyl groups excluding tert-OH is 4. The van der Waals surface area contributed by atoms with Crippen LogP contribution in [0.5, 0.6) is 0 Å². The van der Waals surface area contributed by atoms with E-state index in [2.05, 4.69) is 4.84 Å². The summed E-state index contributed by atoms with van der Waals surface area (Å²) in [7, 11) is 0. The zero-order valence-electron chi connectivity index (χ0n) is 9.29. The van der Waals surface area contributed by atoms with Crippen LogP contribution in [0.3, 0.4) is 0 Å². The predicted molar refractivity (Wildman–Crippen MR) is 64.5 cm³/mol. The lowest BCUT2D eigenvalue weighted by Gasteiger charge is -2.20. The van der Waals surface area contributed by atoms with Crippen LogP contribution in [0.4, 0.5) is 0 Å². The lowest BCUT2D eigenvalue weighted by atomic mass is 10.1. The van der Waals surface area contributed by atoms with Crippen LogP contribution in [0.1, 0.15) is 0 Å². The van der Waals surface area contributed by atoms with Gasteiger partial charge in [-0.3, -0.25) is 14.4 Å². The summed E-state index contributed by atoms with van der Waals surface area (Å²) in [5.74, 6) is -2.22. The third-order valence-electron chi connectivity index (χ3n) is 1.87. The SMILES string of the molecule is O=C(CONC(=O)C(Cl)(Cl)Cl)[C@H](O)[C@@H](O)[C@H](O)CO. The van der Waals surface area contributed by atoms with Gasteiger partial charge in [0.2, 0.25) is 0 Å². The Bertz CT molecular complexity index is 322. The highest BCUT2D eigenvalue weighted by atomic mass is 35.6. The number of hydrogen-bond donors (Lipinski definition) is 5. The summed E-state index contributed by atoms with van der Waals surface area (Å²) in [6.07, 6.45) is -5.61. The molecule has 0 saturated heterocycles. The molecule has 11 heteroatoms. The highest BCUT2D eigenvalue weighted by Crippen LogP contribution is 2.25. The van der Waals surface area contributed by atoms with E-state index in [0.717, 1.165) is 0 Å². The van der Waals surface area contributed by atoms with Crippen LogP contribution in [-0.4, -0.2) is 67.4 Å². The van der Waals surface area contributed by atoms with Crippen LogP contribution in [0.2, 0.25) is 0 Å². The molecule has 0 bridgehead atoms. The Hall–Kier alpha value is -0.190. The molecule has 0 heterocycles. The van der Waals surface area contributed by atoms with Crippen LogP contribution in [0.15, 0.2) is 0 Å². The van der Waals surface area contributed by atoms with E-state index < -0.39 is 47.0 Å². The molecule has 0 rings (SSSR count). The standard InChI is InChI=1S/C8H12Cl3NO7/c9-8(10,11)7(18)12-19-2-4(15)6(17)5(16)3(14)1-13/h3,5-6,13-14,16-17H,1-2H2,(H,12,18)/t3-,5+,6+/m1/s1. The van der Waals surface area contributed by atoms with Crippen LogP contribution >= 0.6 is 34.8 Å². The number of ketones is 1. The quantitative estimate of drug-likeness (QED) is 0.268. The first kappa shape index (κ1) is 18.8. The highest BCUT2D eigenvalue weighted by molar-refractivity contribution is 6.76. The van der Waals surface area contributed by atoms with Crippen LogP contribution in [0.25, 0.3) is 0 Å². The fourth-order valence-electron chi connectivity index (χ4n) is 0.825. The average Bonchev–Trinajstić information content (AvgIpc) is 2.34. The molecule has 0 aromatic rings. The molecule has 8 nitrogen and oxygen atoms in total. The average molecular weight is 341 g/mol. The fourth-order valence-corrected chi connectivity index (χ4v) is 0.941. The van der Waals surface area contributed by atoms with Gasteiger partial charge in [0.25, 0.3) is 9.70 Å².